The molecule has 0 radical (unpaired) electrons. The minimum atomic E-state index is -0.0763. The molecule has 0 aliphatic carbocycles. The zero-order valence-corrected chi connectivity index (χ0v) is 16.3. The molecule has 1 aliphatic rings. The second kappa shape index (κ2) is 8.17. The van der Waals surface area contributed by atoms with E-state index in [2.05, 4.69) is 10.4 Å². The molecule has 6 nitrogen and oxygen atoms in total. The van der Waals surface area contributed by atoms with Crippen LogP contribution in [0, 0.1) is 0 Å². The van der Waals surface area contributed by atoms with Gasteiger partial charge in [0.05, 0.1) is 12.0 Å². The predicted molar refractivity (Wildman–Crippen MR) is 107 cm³/mol. The monoisotopic (exact) mass is 406 g/mol. The maximum absolute atomic E-state index is 13.0. The van der Waals surface area contributed by atoms with Gasteiger partial charge in [0.2, 0.25) is 0 Å². The fraction of sp³-hybridized carbons (Fsp3) is 0.263. The van der Waals surface area contributed by atoms with Crippen molar-refractivity contribution in [3.05, 3.63) is 59.4 Å². The minimum absolute atomic E-state index is 0. The maximum atomic E-state index is 13.0. The summed E-state index contributed by atoms with van der Waals surface area (Å²) in [7, 11) is 0. The normalized spacial score (nSPS) is 16.8. The summed E-state index contributed by atoms with van der Waals surface area (Å²) >= 11 is 6.14. The van der Waals surface area contributed by atoms with Gasteiger partial charge >= 0.3 is 0 Å². The highest BCUT2D eigenvalue weighted by atomic mass is 35.5. The number of carbonyl (C=O) groups is 1. The van der Waals surface area contributed by atoms with Crippen LogP contribution in [0.4, 0.5) is 0 Å². The van der Waals surface area contributed by atoms with Crippen LogP contribution in [0.5, 0.6) is 0 Å². The number of benzene rings is 1. The molecule has 1 atom stereocenters. The Morgan fingerprint density at radius 1 is 1.30 bits per heavy atom. The van der Waals surface area contributed by atoms with E-state index < -0.39 is 0 Å². The van der Waals surface area contributed by atoms with Gasteiger partial charge in [0.15, 0.2) is 11.5 Å². The molecule has 1 N–H and O–H groups in total. The lowest BCUT2D eigenvalue weighted by atomic mass is 10.2. The Bertz CT molecular complexity index is 924. The highest BCUT2D eigenvalue weighted by Gasteiger charge is 2.27. The second-order valence-corrected chi connectivity index (χ2v) is 6.77. The summed E-state index contributed by atoms with van der Waals surface area (Å²) in [5, 5.41) is 8.47. The standard InChI is InChI=1S/C19H19ClN4O2.ClH/c1-13-12-21-7-8-23(13)19(25)16-11-17(18-6-3-9-26-18)24(22-16)15-5-2-4-14(20)10-15;/h2-6,9-11,13,21H,7-8,12H2,1H3;1H/t13-;/m1./s1. The predicted octanol–water partition coefficient (Wildman–Crippen LogP) is 3.64. The number of amides is 1. The Kier molecular flexibility index (Phi) is 5.89. The molecule has 4 rings (SSSR count). The number of nitrogens with one attached hydrogen (secondary N) is 1. The molecule has 0 spiro atoms. The van der Waals surface area contributed by atoms with E-state index in [0.29, 0.717) is 28.7 Å². The Balaban J connectivity index is 0.00000210. The van der Waals surface area contributed by atoms with Crippen molar-refractivity contribution in [2.75, 3.05) is 19.6 Å². The second-order valence-electron chi connectivity index (χ2n) is 6.34. The number of hydrogen-bond acceptors (Lipinski definition) is 4. The Labute approximate surface area is 168 Å². The fourth-order valence-electron chi connectivity index (χ4n) is 3.18. The summed E-state index contributed by atoms with van der Waals surface area (Å²) in [6.45, 7) is 4.27. The van der Waals surface area contributed by atoms with E-state index in [9.17, 15) is 4.79 Å². The molecule has 0 saturated carbocycles. The van der Waals surface area contributed by atoms with Crippen molar-refractivity contribution >= 4 is 29.9 Å². The van der Waals surface area contributed by atoms with Gasteiger partial charge in [0.25, 0.3) is 5.91 Å². The van der Waals surface area contributed by atoms with Crippen molar-refractivity contribution in [2.45, 2.75) is 13.0 Å². The van der Waals surface area contributed by atoms with E-state index >= 15 is 0 Å². The van der Waals surface area contributed by atoms with Crippen LogP contribution >= 0.6 is 24.0 Å². The van der Waals surface area contributed by atoms with E-state index in [1.54, 1.807) is 23.1 Å². The van der Waals surface area contributed by atoms with Gasteiger partial charge in [0.1, 0.15) is 5.69 Å². The molecule has 142 valence electrons. The highest BCUT2D eigenvalue weighted by Crippen LogP contribution is 2.26. The summed E-state index contributed by atoms with van der Waals surface area (Å²) in [6.07, 6.45) is 1.60. The first-order valence-electron chi connectivity index (χ1n) is 8.55. The van der Waals surface area contributed by atoms with Crippen LogP contribution in [0.15, 0.2) is 53.1 Å². The van der Waals surface area contributed by atoms with Crippen LogP contribution < -0.4 is 5.32 Å². The lowest BCUT2D eigenvalue weighted by Crippen LogP contribution is -2.52. The molecule has 2 aromatic heterocycles. The summed E-state index contributed by atoms with van der Waals surface area (Å²) in [4.78, 5) is 14.9. The summed E-state index contributed by atoms with van der Waals surface area (Å²) in [5.74, 6) is 0.567. The number of carbonyl (C=O) groups excluding carboxylic acids is 1. The van der Waals surface area contributed by atoms with E-state index in [1.807, 2.05) is 42.2 Å². The van der Waals surface area contributed by atoms with E-state index in [4.69, 9.17) is 16.0 Å². The highest BCUT2D eigenvalue weighted by molar-refractivity contribution is 6.30. The maximum Gasteiger partial charge on any atom is 0.274 e. The topological polar surface area (TPSA) is 63.3 Å². The SMILES string of the molecule is C[C@@H]1CNCCN1C(=O)c1cc(-c2ccco2)n(-c2cccc(Cl)c2)n1.Cl. The van der Waals surface area contributed by atoms with Crippen molar-refractivity contribution in [3.63, 3.8) is 0 Å². The minimum Gasteiger partial charge on any atom is -0.463 e. The number of halogens is 2. The molecule has 1 aliphatic heterocycles. The third-order valence-corrected chi connectivity index (χ3v) is 4.75. The van der Waals surface area contributed by atoms with Crippen molar-refractivity contribution in [1.82, 2.24) is 20.0 Å². The van der Waals surface area contributed by atoms with Gasteiger partial charge in [-0.1, -0.05) is 17.7 Å². The lowest BCUT2D eigenvalue weighted by Gasteiger charge is -2.33. The molecule has 1 aromatic carbocycles. The molecule has 1 amide bonds. The van der Waals surface area contributed by atoms with Crippen LogP contribution in [-0.2, 0) is 0 Å². The smallest absolute Gasteiger partial charge is 0.274 e. The molecule has 3 heterocycles. The summed E-state index contributed by atoms with van der Waals surface area (Å²) in [6, 6.07) is 12.9. The van der Waals surface area contributed by atoms with Gasteiger partial charge in [-0.15, -0.1) is 12.4 Å². The van der Waals surface area contributed by atoms with Crippen LogP contribution in [0.3, 0.4) is 0 Å². The molecule has 1 saturated heterocycles. The zero-order valence-electron chi connectivity index (χ0n) is 14.8. The molecule has 0 bridgehead atoms. The average molecular weight is 407 g/mol. The van der Waals surface area contributed by atoms with Gasteiger partial charge in [-0.3, -0.25) is 4.79 Å². The van der Waals surface area contributed by atoms with Crippen LogP contribution in [0.1, 0.15) is 17.4 Å². The third-order valence-electron chi connectivity index (χ3n) is 4.52. The Morgan fingerprint density at radius 2 is 2.15 bits per heavy atom. The number of rotatable bonds is 3. The van der Waals surface area contributed by atoms with E-state index in [1.165, 1.54) is 0 Å². The number of piperazine rings is 1. The van der Waals surface area contributed by atoms with Gasteiger partial charge in [-0.25, -0.2) is 4.68 Å². The Hall–Kier alpha value is -2.28. The number of nitrogens with zero attached hydrogens (tertiary/aromatic N) is 3. The fourth-order valence-corrected chi connectivity index (χ4v) is 3.36. The van der Waals surface area contributed by atoms with Gasteiger partial charge in [0, 0.05) is 36.8 Å². The average Bonchev–Trinajstić information content (AvgIpc) is 3.31. The van der Waals surface area contributed by atoms with Crippen LogP contribution in [0.25, 0.3) is 17.1 Å². The zero-order chi connectivity index (χ0) is 18.1. The summed E-state index contributed by atoms with van der Waals surface area (Å²) in [5.41, 5.74) is 1.88. The Morgan fingerprint density at radius 3 is 2.85 bits per heavy atom. The van der Waals surface area contributed by atoms with Gasteiger partial charge < -0.3 is 14.6 Å². The molecule has 3 aromatic rings. The molecular weight excluding hydrogens is 387 g/mol. The number of aromatic nitrogens is 2. The summed E-state index contributed by atoms with van der Waals surface area (Å²) < 4.78 is 7.24. The number of furan rings is 1. The molecule has 27 heavy (non-hydrogen) atoms. The van der Waals surface area contributed by atoms with Crippen molar-refractivity contribution < 1.29 is 9.21 Å². The van der Waals surface area contributed by atoms with E-state index in [0.717, 1.165) is 18.8 Å². The molecule has 0 unspecified atom stereocenters. The van der Waals surface area contributed by atoms with Crippen molar-refractivity contribution in [2.24, 2.45) is 0 Å². The van der Waals surface area contributed by atoms with Crippen molar-refractivity contribution in [1.29, 1.82) is 0 Å². The first kappa shape index (κ1) is 19.5. The first-order chi connectivity index (χ1) is 12.6. The van der Waals surface area contributed by atoms with Gasteiger partial charge in [-0.05, 0) is 37.3 Å². The third kappa shape index (κ3) is 3.88. The molecule has 1 fully saturated rings. The first-order valence-corrected chi connectivity index (χ1v) is 8.93. The molecular formula is C19H20Cl2N4O2. The van der Waals surface area contributed by atoms with E-state index in [-0.39, 0.29) is 24.4 Å². The quantitative estimate of drug-likeness (QED) is 0.720. The lowest BCUT2D eigenvalue weighted by molar-refractivity contribution is 0.0649. The van der Waals surface area contributed by atoms with Gasteiger partial charge in [-0.2, -0.15) is 5.10 Å². The molecule has 8 heteroatoms. The van der Waals surface area contributed by atoms with Crippen LogP contribution in [0.2, 0.25) is 5.02 Å². The van der Waals surface area contributed by atoms with Crippen LogP contribution in [-0.4, -0.2) is 46.3 Å². The largest absolute Gasteiger partial charge is 0.463 e. The van der Waals surface area contributed by atoms with Crippen molar-refractivity contribution in [3.8, 4) is 17.1 Å². The number of hydrogen-bond donors (Lipinski definition) is 1.